The molecule has 0 amide bonds. The molecule has 0 spiro atoms. The molecule has 143 heavy (non-hydrogen) atoms. The maximum Gasteiger partial charge on any atom is 0.313 e. The number of hydrogen-bond acceptors (Lipinski definition) is 20. The quantitative estimate of drug-likeness (QED) is 0.0302. The molecule has 0 atom stereocenters. The molecule has 15 rings (SSSR count). The second-order valence-electron chi connectivity index (χ2n) is 35.7. The van der Waals surface area contributed by atoms with Crippen LogP contribution in [0, 0.1) is 34.6 Å². The fourth-order valence-corrected chi connectivity index (χ4v) is 18.0. The summed E-state index contributed by atoms with van der Waals surface area (Å²) in [5.41, 5.74) is 23.4. The van der Waals surface area contributed by atoms with E-state index in [1.165, 1.54) is 45.9 Å². The van der Waals surface area contributed by atoms with Gasteiger partial charge in [0.15, 0.2) is 19.7 Å². The summed E-state index contributed by atoms with van der Waals surface area (Å²) in [7, 11) is -6.61. The van der Waals surface area contributed by atoms with E-state index in [1.54, 1.807) is 59.9 Å². The monoisotopic (exact) mass is 1970 g/mol. The van der Waals surface area contributed by atoms with Gasteiger partial charge in [-0.25, -0.2) is 41.8 Å². The van der Waals surface area contributed by atoms with Gasteiger partial charge in [0.2, 0.25) is 0 Å². The van der Waals surface area contributed by atoms with E-state index in [-0.39, 0.29) is 75.3 Å². The number of nitrogens with zero attached hydrogens (tertiary/aromatic N) is 10. The van der Waals surface area contributed by atoms with E-state index in [0.29, 0.717) is 96.4 Å². The Balaban J connectivity index is 0.000000184. The fraction of sp³-hybridized carbons (Fsp3) is 0.310. The van der Waals surface area contributed by atoms with Crippen molar-refractivity contribution in [2.45, 2.75) is 204 Å². The number of sulfone groups is 2. The summed E-state index contributed by atoms with van der Waals surface area (Å²) in [6.45, 7) is 36.3. The van der Waals surface area contributed by atoms with Gasteiger partial charge in [-0.3, -0.25) is 24.0 Å². The largest absolute Gasteiger partial charge is 0.466 e. The molecule has 0 saturated carbocycles. The standard InChI is InChI=1S/C25H30N2O4S.C23H26N2O4S.C23H26N2O3.C23H26N2O2.C21H22N2O2.CH4/c1-6-18-8-9-20(14-23(18)32(5,29)30)19-10-12-21(13-11-19)27-16-22(17(3)4)26-24(27)15-25(28)31-7-2;1-5-17-7-8-19(13-21(17)30(4,27)28)18-9-11-20(12-10-18)25-15-16(3)24-22(25)14-23(26)29-6-2;1-5-28-22(26)14-21-24-20(23(3,4)27)15-25(21)19-11-9-17(10-12-19)18-8-6-7-16(2)13-18;1-5-27-23(26)14-22-24-21(16(2)3)15-25(22)20-11-9-18(10-12-20)19-8-6-7-17(4)13-19;1-4-25-21(24)13-20-22-16(3)14-23(20)19-10-8-17(9-11-19)18-7-5-6-15(2)12-18;/h8-14,16-17H,6-7,15H2,1-5H3;7-13,15H,5-6,14H2,1-4H3;6-13,15,27H,5,14H2,1-4H3;6-13,15-16H,5,14H2,1-4H3;5-12,14H,4,13H2,1-3H3;1H4. The predicted molar refractivity (Wildman–Crippen MR) is 565 cm³/mol. The van der Waals surface area contributed by atoms with Crippen molar-refractivity contribution in [3.05, 3.63) is 347 Å². The van der Waals surface area contributed by atoms with Crippen molar-refractivity contribution >= 4 is 49.5 Å². The highest BCUT2D eigenvalue weighted by Crippen LogP contribution is 2.34. The molecular weight excluding hydrogens is 1840 g/mol. The second-order valence-corrected chi connectivity index (χ2v) is 39.6. The lowest BCUT2D eigenvalue weighted by Gasteiger charge is -2.13. The molecule has 0 fully saturated rings. The van der Waals surface area contributed by atoms with Gasteiger partial charge in [0, 0.05) is 71.9 Å². The highest BCUT2D eigenvalue weighted by atomic mass is 32.2. The lowest BCUT2D eigenvalue weighted by atomic mass is 10.0. The van der Waals surface area contributed by atoms with Crippen molar-refractivity contribution in [3.63, 3.8) is 0 Å². The highest BCUT2D eigenvalue weighted by Gasteiger charge is 2.27. The molecule has 0 unspecified atom stereocenters. The molecule has 1 N–H and O–H groups in total. The van der Waals surface area contributed by atoms with Crippen LogP contribution in [0.25, 0.3) is 84.1 Å². The number of imidazole rings is 5. The molecule has 750 valence electrons. The number of ether oxygens (including phenoxy) is 5. The number of aliphatic hydroxyl groups is 1. The minimum Gasteiger partial charge on any atom is -0.466 e. The third-order valence-electron chi connectivity index (χ3n) is 23.2. The summed E-state index contributed by atoms with van der Waals surface area (Å²) in [6, 6.07) is 76.6. The Morgan fingerprint density at radius 3 is 0.776 bits per heavy atom. The van der Waals surface area contributed by atoms with Crippen LogP contribution in [-0.4, -0.2) is 145 Å². The topological polar surface area (TPSA) is 309 Å². The molecule has 0 radical (unpaired) electrons. The zero-order chi connectivity index (χ0) is 103. The molecule has 0 aliphatic heterocycles. The van der Waals surface area contributed by atoms with E-state index < -0.39 is 25.3 Å². The third kappa shape index (κ3) is 30.5. The molecule has 27 heteroatoms. The molecule has 0 aliphatic rings. The highest BCUT2D eigenvalue weighted by molar-refractivity contribution is 7.91. The van der Waals surface area contributed by atoms with E-state index in [9.17, 15) is 45.9 Å². The zero-order valence-electron chi connectivity index (χ0n) is 84.9. The van der Waals surface area contributed by atoms with Gasteiger partial charge >= 0.3 is 29.8 Å². The van der Waals surface area contributed by atoms with Crippen molar-refractivity contribution in [2.75, 3.05) is 45.5 Å². The molecule has 25 nitrogen and oxygen atoms in total. The number of aromatic nitrogens is 10. The number of carbonyl (C=O) groups excluding carboxylic acids is 5. The molecule has 5 aromatic heterocycles. The van der Waals surface area contributed by atoms with Gasteiger partial charge in [-0.2, -0.15) is 0 Å². The van der Waals surface area contributed by atoms with E-state index in [1.807, 2.05) is 198 Å². The van der Waals surface area contributed by atoms with Gasteiger partial charge in [-0.15, -0.1) is 0 Å². The third-order valence-corrected chi connectivity index (χ3v) is 25.5. The average Bonchev–Trinajstić information content (AvgIpc) is 1.15. The van der Waals surface area contributed by atoms with Gasteiger partial charge in [-0.1, -0.05) is 223 Å². The maximum absolute atomic E-state index is 12.2. The summed E-state index contributed by atoms with van der Waals surface area (Å²) >= 11 is 0. The van der Waals surface area contributed by atoms with Crippen LogP contribution in [0.4, 0.5) is 0 Å². The molecular formula is C116H134N10O15S2. The SMILES string of the molecule is C.CCOC(=O)Cc1nc(C(C)(C)O)cn1-c1ccc(-c2cccc(C)c2)cc1.CCOC(=O)Cc1nc(C(C)C)cn1-c1ccc(-c2ccc(CC)c(S(C)(=O)=O)c2)cc1.CCOC(=O)Cc1nc(C(C)C)cn1-c1ccc(-c2cccc(C)c2)cc1.CCOC(=O)Cc1nc(C)cn1-c1ccc(-c2ccc(CC)c(S(C)(=O)=O)c2)cc1.CCOC(=O)Cc1nc(C)cn1-c1ccc(-c2cccc(C)c2)cc1. The zero-order valence-corrected chi connectivity index (χ0v) is 86.6. The average molecular weight is 1970 g/mol. The van der Waals surface area contributed by atoms with Crippen molar-refractivity contribution in [3.8, 4) is 84.1 Å². The Bertz CT molecular complexity index is 7100. The van der Waals surface area contributed by atoms with Crippen LogP contribution in [0.15, 0.2) is 271 Å². The van der Waals surface area contributed by atoms with E-state index in [4.69, 9.17) is 23.7 Å². The Kier molecular flexibility index (Phi) is 39.2. The van der Waals surface area contributed by atoms with Gasteiger partial charge in [0.1, 0.15) is 66.8 Å². The van der Waals surface area contributed by atoms with Crippen molar-refractivity contribution < 1.29 is 69.6 Å². The van der Waals surface area contributed by atoms with E-state index in [2.05, 4.69) is 177 Å². The summed E-state index contributed by atoms with van der Waals surface area (Å²) in [4.78, 5) is 83.1. The van der Waals surface area contributed by atoms with Crippen molar-refractivity contribution in [2.24, 2.45) is 0 Å². The van der Waals surface area contributed by atoms with E-state index >= 15 is 0 Å². The summed E-state index contributed by atoms with van der Waals surface area (Å²) < 4.78 is 83.7. The first-order valence-corrected chi connectivity index (χ1v) is 51.7. The van der Waals surface area contributed by atoms with Crippen LogP contribution in [0.5, 0.6) is 0 Å². The van der Waals surface area contributed by atoms with Crippen molar-refractivity contribution in [1.29, 1.82) is 0 Å². The number of carbonyl (C=O) groups is 5. The number of esters is 5. The van der Waals surface area contributed by atoms with Gasteiger partial charge in [0.25, 0.3) is 0 Å². The van der Waals surface area contributed by atoms with Crippen LogP contribution in [0.2, 0.25) is 0 Å². The molecule has 5 heterocycles. The molecule has 10 aromatic carbocycles. The minimum absolute atomic E-state index is 0. The second kappa shape index (κ2) is 50.7. The fourth-order valence-electron chi connectivity index (χ4n) is 16.0. The van der Waals surface area contributed by atoms with Crippen LogP contribution >= 0.6 is 0 Å². The van der Waals surface area contributed by atoms with Crippen LogP contribution < -0.4 is 0 Å². The summed E-state index contributed by atoms with van der Waals surface area (Å²) in [5.74, 6) is 2.23. The maximum atomic E-state index is 12.2. The first-order chi connectivity index (χ1) is 67.7. The number of aryl methyl sites for hydroxylation is 7. The number of rotatable bonds is 32. The molecule has 0 aliphatic carbocycles. The minimum atomic E-state index is -3.31. The van der Waals surface area contributed by atoms with Crippen LogP contribution in [-0.2, 0) is 118 Å². The van der Waals surface area contributed by atoms with E-state index in [0.717, 1.165) is 101 Å². The van der Waals surface area contributed by atoms with Gasteiger partial charge in [-0.05, 0) is 247 Å². The summed E-state index contributed by atoms with van der Waals surface area (Å²) in [5, 5.41) is 10.3. The molecule has 0 saturated heterocycles. The van der Waals surface area contributed by atoms with Gasteiger partial charge in [0.05, 0.1) is 71.3 Å². The van der Waals surface area contributed by atoms with Gasteiger partial charge < -0.3 is 51.6 Å². The Labute approximate surface area is 842 Å². The van der Waals surface area contributed by atoms with Crippen LogP contribution in [0.1, 0.15) is 195 Å². The Hall–Kier alpha value is -14.5. The molecule has 0 bridgehead atoms. The Morgan fingerprint density at radius 1 is 0.315 bits per heavy atom. The summed E-state index contributed by atoms with van der Waals surface area (Å²) in [6.07, 6.45) is 13.9. The molecule has 15 aromatic rings. The van der Waals surface area contributed by atoms with Crippen molar-refractivity contribution in [1.82, 2.24) is 47.8 Å². The lowest BCUT2D eigenvalue weighted by Crippen LogP contribution is -2.16. The first kappa shape index (κ1) is 110. The Morgan fingerprint density at radius 2 is 0.545 bits per heavy atom. The van der Waals surface area contributed by atoms with Crippen LogP contribution in [0.3, 0.4) is 0 Å². The first-order valence-electron chi connectivity index (χ1n) is 47.9. The lowest BCUT2D eigenvalue weighted by molar-refractivity contribution is -0.143. The number of hydrogen-bond donors (Lipinski definition) is 1. The smallest absolute Gasteiger partial charge is 0.313 e. The predicted octanol–water partition coefficient (Wildman–Crippen LogP) is 22.8. The normalized spacial score (nSPS) is 11.2. The number of benzene rings is 10.